The van der Waals surface area contributed by atoms with Gasteiger partial charge in [-0.15, -0.1) is 0 Å². The molecule has 0 unspecified atom stereocenters. The van der Waals surface area contributed by atoms with Crippen molar-refractivity contribution >= 4 is 32.3 Å². The topological polar surface area (TPSA) is 58.8 Å². The van der Waals surface area contributed by atoms with Crippen LogP contribution in [0.25, 0.3) is 26.4 Å². The summed E-state index contributed by atoms with van der Waals surface area (Å²) in [6, 6.07) is 13.6. The lowest BCUT2D eigenvalue weighted by molar-refractivity contribution is 0.210. The lowest BCUT2D eigenvalue weighted by atomic mass is 10.1. The summed E-state index contributed by atoms with van der Waals surface area (Å²) in [5.74, 6) is 1.20. The fourth-order valence-corrected chi connectivity index (χ4v) is 4.06. The van der Waals surface area contributed by atoms with Gasteiger partial charge in [0.2, 0.25) is 0 Å². The SMILES string of the molecule is COCCNc1c(-c2ccc(O)cc2)nc2sc3cc(C)ccc3n12. The van der Waals surface area contributed by atoms with Crippen molar-refractivity contribution in [1.82, 2.24) is 9.38 Å². The van der Waals surface area contributed by atoms with Crippen molar-refractivity contribution in [2.75, 3.05) is 25.6 Å². The van der Waals surface area contributed by atoms with Gasteiger partial charge in [-0.25, -0.2) is 4.98 Å². The quantitative estimate of drug-likeness (QED) is 0.526. The van der Waals surface area contributed by atoms with Crippen LogP contribution in [-0.2, 0) is 4.74 Å². The minimum Gasteiger partial charge on any atom is -0.508 e. The maximum atomic E-state index is 9.56. The molecule has 0 aliphatic heterocycles. The molecule has 2 aromatic heterocycles. The number of nitrogens with zero attached hydrogens (tertiary/aromatic N) is 2. The summed E-state index contributed by atoms with van der Waals surface area (Å²) in [7, 11) is 1.69. The lowest BCUT2D eigenvalue weighted by Gasteiger charge is -2.08. The highest BCUT2D eigenvalue weighted by Crippen LogP contribution is 2.36. The largest absolute Gasteiger partial charge is 0.508 e. The maximum Gasteiger partial charge on any atom is 0.197 e. The number of aromatic nitrogens is 2. The number of aromatic hydroxyl groups is 1. The van der Waals surface area contributed by atoms with Gasteiger partial charge < -0.3 is 15.2 Å². The first-order valence-corrected chi connectivity index (χ1v) is 8.93. The molecule has 2 aromatic carbocycles. The fraction of sp³-hybridized carbons (Fsp3) is 0.211. The van der Waals surface area contributed by atoms with Gasteiger partial charge >= 0.3 is 0 Å². The minimum absolute atomic E-state index is 0.250. The monoisotopic (exact) mass is 353 g/mol. The van der Waals surface area contributed by atoms with E-state index in [0.717, 1.165) is 27.6 Å². The van der Waals surface area contributed by atoms with Crippen LogP contribution in [0.1, 0.15) is 5.56 Å². The number of anilines is 1. The van der Waals surface area contributed by atoms with E-state index in [9.17, 15) is 5.11 Å². The molecule has 0 spiro atoms. The predicted octanol–water partition coefficient (Wildman–Crippen LogP) is 4.29. The molecular weight excluding hydrogens is 334 g/mol. The molecule has 0 aliphatic rings. The molecule has 0 saturated carbocycles. The van der Waals surface area contributed by atoms with Crippen molar-refractivity contribution in [2.45, 2.75) is 6.92 Å². The zero-order valence-corrected chi connectivity index (χ0v) is 14.9. The molecule has 0 bridgehead atoms. The van der Waals surface area contributed by atoms with E-state index in [-0.39, 0.29) is 5.75 Å². The van der Waals surface area contributed by atoms with E-state index in [4.69, 9.17) is 9.72 Å². The zero-order valence-electron chi connectivity index (χ0n) is 14.1. The van der Waals surface area contributed by atoms with Crippen LogP contribution in [0.2, 0.25) is 0 Å². The number of imidazole rings is 1. The number of aryl methyl sites for hydroxylation is 1. The Morgan fingerprint density at radius 1 is 1.20 bits per heavy atom. The van der Waals surface area contributed by atoms with Crippen LogP contribution in [-0.4, -0.2) is 34.8 Å². The molecule has 6 heteroatoms. The van der Waals surface area contributed by atoms with Crippen LogP contribution in [0.4, 0.5) is 5.82 Å². The number of methoxy groups -OCH3 is 1. The second-order valence-electron chi connectivity index (χ2n) is 5.97. The molecule has 4 rings (SSSR count). The average Bonchev–Trinajstić information content (AvgIpc) is 3.12. The van der Waals surface area contributed by atoms with Crippen molar-refractivity contribution in [1.29, 1.82) is 0 Å². The number of nitrogens with one attached hydrogen (secondary N) is 1. The maximum absolute atomic E-state index is 9.56. The molecule has 4 aromatic rings. The van der Waals surface area contributed by atoms with E-state index >= 15 is 0 Å². The number of ether oxygens (including phenoxy) is 1. The summed E-state index contributed by atoms with van der Waals surface area (Å²) in [5.41, 5.74) is 4.23. The van der Waals surface area contributed by atoms with E-state index < -0.39 is 0 Å². The van der Waals surface area contributed by atoms with Crippen LogP contribution in [0.5, 0.6) is 5.75 Å². The molecule has 2 heterocycles. The molecule has 2 N–H and O–H groups in total. The summed E-state index contributed by atoms with van der Waals surface area (Å²) in [4.78, 5) is 5.80. The highest BCUT2D eigenvalue weighted by molar-refractivity contribution is 7.23. The number of fused-ring (bicyclic) bond motifs is 3. The average molecular weight is 353 g/mol. The van der Waals surface area contributed by atoms with Crippen molar-refractivity contribution in [3.05, 3.63) is 48.0 Å². The Labute approximate surface area is 149 Å². The number of hydrogen-bond acceptors (Lipinski definition) is 5. The third kappa shape index (κ3) is 2.83. The number of phenolic OH excluding ortho intramolecular Hbond substituents is 1. The van der Waals surface area contributed by atoms with Gasteiger partial charge in [-0.3, -0.25) is 4.40 Å². The van der Waals surface area contributed by atoms with Gasteiger partial charge in [0, 0.05) is 19.2 Å². The Morgan fingerprint density at radius 3 is 2.76 bits per heavy atom. The number of rotatable bonds is 5. The number of phenols is 1. The van der Waals surface area contributed by atoms with Crippen LogP contribution >= 0.6 is 11.3 Å². The molecular formula is C19H19N3O2S. The van der Waals surface area contributed by atoms with Crippen molar-refractivity contribution in [3.63, 3.8) is 0 Å². The van der Waals surface area contributed by atoms with Crippen molar-refractivity contribution in [3.8, 4) is 17.0 Å². The smallest absolute Gasteiger partial charge is 0.197 e. The number of thiazole rings is 1. The highest BCUT2D eigenvalue weighted by atomic mass is 32.1. The van der Waals surface area contributed by atoms with Gasteiger partial charge in [-0.1, -0.05) is 17.4 Å². The Balaban J connectivity index is 1.92. The lowest BCUT2D eigenvalue weighted by Crippen LogP contribution is -2.10. The molecule has 128 valence electrons. The van der Waals surface area contributed by atoms with E-state index in [1.165, 1.54) is 10.3 Å². The molecule has 0 saturated heterocycles. The third-order valence-corrected chi connectivity index (χ3v) is 5.15. The highest BCUT2D eigenvalue weighted by Gasteiger charge is 2.18. The first kappa shape index (κ1) is 15.9. The minimum atomic E-state index is 0.250. The van der Waals surface area contributed by atoms with Gasteiger partial charge in [0.05, 0.1) is 16.8 Å². The standard InChI is InChI=1S/C19H19N3O2S/c1-12-3-8-15-16(11-12)25-19-21-17(13-4-6-14(23)7-5-13)18(22(15)19)20-9-10-24-2/h3-8,11,20,23H,9-10H2,1-2H3. The third-order valence-electron chi connectivity index (χ3n) is 4.14. The van der Waals surface area contributed by atoms with Crippen molar-refractivity contribution < 1.29 is 9.84 Å². The zero-order chi connectivity index (χ0) is 17.4. The predicted molar refractivity (Wildman–Crippen MR) is 103 cm³/mol. The molecule has 0 atom stereocenters. The van der Waals surface area contributed by atoms with Crippen LogP contribution in [0.15, 0.2) is 42.5 Å². The summed E-state index contributed by atoms with van der Waals surface area (Å²) < 4.78 is 8.56. The van der Waals surface area contributed by atoms with E-state index in [2.05, 4.69) is 34.8 Å². The second-order valence-corrected chi connectivity index (χ2v) is 6.98. The van der Waals surface area contributed by atoms with Gasteiger partial charge in [0.15, 0.2) is 4.96 Å². The first-order chi connectivity index (χ1) is 12.2. The normalized spacial score (nSPS) is 11.4. The van der Waals surface area contributed by atoms with Gasteiger partial charge in [0.25, 0.3) is 0 Å². The summed E-state index contributed by atoms with van der Waals surface area (Å²) in [6.07, 6.45) is 0. The summed E-state index contributed by atoms with van der Waals surface area (Å²) in [6.45, 7) is 3.41. The molecule has 25 heavy (non-hydrogen) atoms. The Hall–Kier alpha value is -2.57. The molecule has 0 fully saturated rings. The summed E-state index contributed by atoms with van der Waals surface area (Å²) >= 11 is 1.68. The fourth-order valence-electron chi connectivity index (χ4n) is 2.93. The van der Waals surface area contributed by atoms with Gasteiger partial charge in [0.1, 0.15) is 17.3 Å². The van der Waals surface area contributed by atoms with Crippen LogP contribution in [0.3, 0.4) is 0 Å². The van der Waals surface area contributed by atoms with Crippen LogP contribution in [0, 0.1) is 6.92 Å². The molecule has 0 radical (unpaired) electrons. The second kappa shape index (κ2) is 6.38. The Bertz CT molecular complexity index is 1030. The Morgan fingerprint density at radius 2 is 2.00 bits per heavy atom. The van der Waals surface area contributed by atoms with Crippen molar-refractivity contribution in [2.24, 2.45) is 0 Å². The van der Waals surface area contributed by atoms with E-state index in [1.54, 1.807) is 30.6 Å². The molecule has 5 nitrogen and oxygen atoms in total. The van der Waals surface area contributed by atoms with E-state index in [1.807, 2.05) is 12.1 Å². The number of hydrogen-bond donors (Lipinski definition) is 2. The van der Waals surface area contributed by atoms with Crippen LogP contribution < -0.4 is 5.32 Å². The van der Waals surface area contributed by atoms with Gasteiger partial charge in [-0.05, 0) is 48.9 Å². The Kier molecular flexibility index (Phi) is 4.07. The van der Waals surface area contributed by atoms with E-state index in [0.29, 0.717) is 13.2 Å². The molecule has 0 aliphatic carbocycles. The summed E-state index contributed by atoms with van der Waals surface area (Å²) in [5, 5.41) is 13.0. The first-order valence-electron chi connectivity index (χ1n) is 8.11. The molecule has 0 amide bonds. The van der Waals surface area contributed by atoms with Gasteiger partial charge in [-0.2, -0.15) is 0 Å². The number of benzene rings is 2.